The Kier molecular flexibility index (Phi) is 4.17. The van der Waals surface area contributed by atoms with Crippen molar-refractivity contribution in [3.05, 3.63) is 24.5 Å². The second-order valence-electron chi connectivity index (χ2n) is 4.61. The first kappa shape index (κ1) is 12.9. The lowest BCUT2D eigenvalue weighted by Gasteiger charge is -2.14. The van der Waals surface area contributed by atoms with Crippen molar-refractivity contribution < 1.29 is 9.84 Å². The number of nitrogens with zero attached hydrogens (tertiary/aromatic N) is 1. The zero-order valence-corrected chi connectivity index (χ0v) is 10.7. The SMILES string of the molecule is CC(C)NC[C@H](O)COc1ccc2nc[nH]c2c1. The average molecular weight is 249 g/mol. The Hall–Kier alpha value is -1.59. The van der Waals surface area contributed by atoms with Crippen molar-refractivity contribution in [2.75, 3.05) is 13.2 Å². The van der Waals surface area contributed by atoms with Gasteiger partial charge >= 0.3 is 0 Å². The lowest BCUT2D eigenvalue weighted by molar-refractivity contribution is 0.105. The average Bonchev–Trinajstić information content (AvgIpc) is 2.81. The Balaban J connectivity index is 1.85. The normalized spacial score (nSPS) is 13.1. The van der Waals surface area contributed by atoms with Crippen LogP contribution in [0, 0.1) is 0 Å². The van der Waals surface area contributed by atoms with Gasteiger partial charge in [0.15, 0.2) is 0 Å². The number of nitrogens with one attached hydrogen (secondary N) is 2. The molecule has 5 heteroatoms. The molecule has 0 radical (unpaired) electrons. The summed E-state index contributed by atoms with van der Waals surface area (Å²) in [6.07, 6.45) is 1.14. The number of aromatic amines is 1. The van der Waals surface area contributed by atoms with Crippen molar-refractivity contribution >= 4 is 11.0 Å². The zero-order chi connectivity index (χ0) is 13.0. The Bertz CT molecular complexity index is 496. The molecule has 5 nitrogen and oxygen atoms in total. The number of ether oxygens (including phenoxy) is 1. The highest BCUT2D eigenvalue weighted by Gasteiger charge is 2.06. The van der Waals surface area contributed by atoms with E-state index in [4.69, 9.17) is 4.74 Å². The van der Waals surface area contributed by atoms with Gasteiger partial charge in [0.1, 0.15) is 18.5 Å². The van der Waals surface area contributed by atoms with Gasteiger partial charge in [0.25, 0.3) is 0 Å². The van der Waals surface area contributed by atoms with Crippen molar-refractivity contribution in [2.45, 2.75) is 26.0 Å². The first-order valence-corrected chi connectivity index (χ1v) is 6.12. The van der Waals surface area contributed by atoms with Crippen molar-refractivity contribution in [1.29, 1.82) is 0 Å². The number of rotatable bonds is 6. The van der Waals surface area contributed by atoms with E-state index in [1.165, 1.54) is 0 Å². The molecule has 0 fully saturated rings. The number of imidazole rings is 1. The molecule has 2 rings (SSSR count). The number of H-pyrrole nitrogens is 1. The molecular formula is C13H19N3O2. The van der Waals surface area contributed by atoms with E-state index in [1.807, 2.05) is 32.0 Å². The summed E-state index contributed by atoms with van der Waals surface area (Å²) in [6, 6.07) is 5.98. The van der Waals surface area contributed by atoms with Crippen LogP contribution in [0.3, 0.4) is 0 Å². The summed E-state index contributed by atoms with van der Waals surface area (Å²) < 4.78 is 5.54. The first-order chi connectivity index (χ1) is 8.65. The second-order valence-corrected chi connectivity index (χ2v) is 4.61. The highest BCUT2D eigenvalue weighted by Crippen LogP contribution is 2.17. The zero-order valence-electron chi connectivity index (χ0n) is 10.7. The molecule has 1 atom stereocenters. The number of aliphatic hydroxyl groups is 1. The van der Waals surface area contributed by atoms with Crippen LogP contribution in [-0.4, -0.2) is 40.4 Å². The van der Waals surface area contributed by atoms with E-state index in [9.17, 15) is 5.11 Å². The fourth-order valence-corrected chi connectivity index (χ4v) is 1.63. The van der Waals surface area contributed by atoms with Crippen LogP contribution in [0.1, 0.15) is 13.8 Å². The Morgan fingerprint density at radius 2 is 2.28 bits per heavy atom. The van der Waals surface area contributed by atoms with E-state index in [0.717, 1.165) is 16.8 Å². The Morgan fingerprint density at radius 1 is 1.44 bits per heavy atom. The molecule has 1 heterocycles. The van der Waals surface area contributed by atoms with Crippen molar-refractivity contribution in [2.24, 2.45) is 0 Å². The predicted molar refractivity (Wildman–Crippen MR) is 70.7 cm³/mol. The predicted octanol–water partition coefficient (Wildman–Crippen LogP) is 1.30. The molecule has 1 aromatic carbocycles. The van der Waals surface area contributed by atoms with Gasteiger partial charge in [-0.15, -0.1) is 0 Å². The lowest BCUT2D eigenvalue weighted by Crippen LogP contribution is -2.35. The van der Waals surface area contributed by atoms with Gasteiger partial charge in [0, 0.05) is 18.7 Å². The maximum atomic E-state index is 9.72. The van der Waals surface area contributed by atoms with Crippen LogP contribution in [0.4, 0.5) is 0 Å². The lowest BCUT2D eigenvalue weighted by atomic mass is 10.3. The standard InChI is InChI=1S/C13H19N3O2/c1-9(2)14-6-10(17)7-18-11-3-4-12-13(5-11)16-8-15-12/h3-5,8-10,14,17H,6-7H2,1-2H3,(H,15,16)/t10-/m0/s1. The minimum Gasteiger partial charge on any atom is -0.491 e. The molecule has 0 aliphatic carbocycles. The number of fused-ring (bicyclic) bond motifs is 1. The molecule has 0 spiro atoms. The molecule has 0 bridgehead atoms. The summed E-state index contributed by atoms with van der Waals surface area (Å²) in [5, 5.41) is 12.9. The minimum absolute atomic E-state index is 0.277. The quantitative estimate of drug-likeness (QED) is 0.721. The van der Waals surface area contributed by atoms with Gasteiger partial charge in [0.05, 0.1) is 17.4 Å². The fraction of sp³-hybridized carbons (Fsp3) is 0.462. The van der Waals surface area contributed by atoms with E-state index in [1.54, 1.807) is 6.33 Å². The molecule has 0 saturated heterocycles. The molecule has 1 aromatic heterocycles. The largest absolute Gasteiger partial charge is 0.491 e. The summed E-state index contributed by atoms with van der Waals surface area (Å²) in [5.74, 6) is 0.732. The third-order valence-electron chi connectivity index (χ3n) is 2.60. The third-order valence-corrected chi connectivity index (χ3v) is 2.60. The maximum absolute atomic E-state index is 9.72. The van der Waals surface area contributed by atoms with Gasteiger partial charge < -0.3 is 20.1 Å². The van der Waals surface area contributed by atoms with Gasteiger partial charge in [0.2, 0.25) is 0 Å². The molecule has 2 aromatic rings. The highest BCUT2D eigenvalue weighted by molar-refractivity contribution is 5.75. The van der Waals surface area contributed by atoms with E-state index in [0.29, 0.717) is 12.6 Å². The summed E-state index contributed by atoms with van der Waals surface area (Å²) in [6.45, 7) is 4.89. The summed E-state index contributed by atoms with van der Waals surface area (Å²) in [7, 11) is 0. The maximum Gasteiger partial charge on any atom is 0.121 e. The Labute approximate surface area is 106 Å². The van der Waals surface area contributed by atoms with Gasteiger partial charge in [-0.2, -0.15) is 0 Å². The van der Waals surface area contributed by atoms with Crippen molar-refractivity contribution in [1.82, 2.24) is 15.3 Å². The van der Waals surface area contributed by atoms with E-state index in [2.05, 4.69) is 15.3 Å². The number of hydrogen-bond acceptors (Lipinski definition) is 4. The topological polar surface area (TPSA) is 70.2 Å². The number of hydrogen-bond donors (Lipinski definition) is 3. The minimum atomic E-state index is -0.509. The van der Waals surface area contributed by atoms with Crippen LogP contribution in [0.2, 0.25) is 0 Å². The van der Waals surface area contributed by atoms with Crippen LogP contribution in [0.5, 0.6) is 5.75 Å². The third kappa shape index (κ3) is 3.45. The molecule has 98 valence electrons. The van der Waals surface area contributed by atoms with Gasteiger partial charge in [-0.25, -0.2) is 4.98 Å². The van der Waals surface area contributed by atoms with Crippen molar-refractivity contribution in [3.63, 3.8) is 0 Å². The fourth-order valence-electron chi connectivity index (χ4n) is 1.63. The molecule has 0 amide bonds. The highest BCUT2D eigenvalue weighted by atomic mass is 16.5. The molecular weight excluding hydrogens is 230 g/mol. The number of benzene rings is 1. The van der Waals surface area contributed by atoms with E-state index in [-0.39, 0.29) is 6.61 Å². The number of aliphatic hydroxyl groups excluding tert-OH is 1. The molecule has 0 aliphatic heterocycles. The van der Waals surface area contributed by atoms with Gasteiger partial charge in [-0.3, -0.25) is 0 Å². The van der Waals surface area contributed by atoms with Crippen LogP contribution >= 0.6 is 0 Å². The smallest absolute Gasteiger partial charge is 0.121 e. The first-order valence-electron chi connectivity index (χ1n) is 6.12. The van der Waals surface area contributed by atoms with Crippen LogP contribution in [-0.2, 0) is 0 Å². The molecule has 0 unspecified atom stereocenters. The summed E-state index contributed by atoms with van der Waals surface area (Å²) >= 11 is 0. The van der Waals surface area contributed by atoms with Gasteiger partial charge in [-0.1, -0.05) is 13.8 Å². The van der Waals surface area contributed by atoms with E-state index < -0.39 is 6.10 Å². The van der Waals surface area contributed by atoms with Gasteiger partial charge in [-0.05, 0) is 12.1 Å². The summed E-state index contributed by atoms with van der Waals surface area (Å²) in [5.41, 5.74) is 1.84. The monoisotopic (exact) mass is 249 g/mol. The van der Waals surface area contributed by atoms with Crippen molar-refractivity contribution in [3.8, 4) is 5.75 Å². The number of aromatic nitrogens is 2. The van der Waals surface area contributed by atoms with Crippen LogP contribution < -0.4 is 10.1 Å². The Morgan fingerprint density at radius 3 is 3.06 bits per heavy atom. The van der Waals surface area contributed by atoms with E-state index >= 15 is 0 Å². The molecule has 0 aliphatic rings. The summed E-state index contributed by atoms with van der Waals surface area (Å²) in [4.78, 5) is 7.16. The molecule has 18 heavy (non-hydrogen) atoms. The van der Waals surface area contributed by atoms with Crippen LogP contribution in [0.25, 0.3) is 11.0 Å². The second kappa shape index (κ2) is 5.84. The molecule has 3 N–H and O–H groups in total. The van der Waals surface area contributed by atoms with Crippen LogP contribution in [0.15, 0.2) is 24.5 Å². The molecule has 0 saturated carbocycles.